The Kier molecular flexibility index (Phi) is 10.7. The molecule has 0 aliphatic carbocycles. The van der Waals surface area contributed by atoms with Crippen LogP contribution >= 0.6 is 23.2 Å². The molecule has 0 radical (unpaired) electrons. The number of halogens is 2. The molecule has 0 bridgehead atoms. The number of Topliss-reactive ketones (excluding diaryl/α,β-unsaturated/α-hetero) is 1. The number of unbranched alkanes of at least 4 members (excludes halogenated alkanes) is 1. The number of carbonyl (C=O) groups excluding carboxylic acids is 3. The number of amides is 2. The first-order chi connectivity index (χ1) is 16.2. The van der Waals surface area contributed by atoms with Crippen LogP contribution in [0.4, 0.5) is 0 Å². The zero-order valence-corrected chi connectivity index (χ0v) is 21.3. The first-order valence-electron chi connectivity index (χ1n) is 10.9. The summed E-state index contributed by atoms with van der Waals surface area (Å²) in [5.41, 5.74) is 1.16. The number of ketones is 1. The van der Waals surface area contributed by atoms with Crippen molar-refractivity contribution >= 4 is 40.8 Å². The molecule has 0 spiro atoms. The summed E-state index contributed by atoms with van der Waals surface area (Å²) < 4.78 is 10.7. The van der Waals surface area contributed by atoms with Gasteiger partial charge in [-0.1, -0.05) is 42.6 Å². The molecular formula is C25H30Cl2N2O5. The average Bonchev–Trinajstić information content (AvgIpc) is 2.80. The van der Waals surface area contributed by atoms with Gasteiger partial charge >= 0.3 is 0 Å². The number of ether oxygens (including phenoxy) is 2. The van der Waals surface area contributed by atoms with E-state index in [9.17, 15) is 14.4 Å². The fourth-order valence-corrected chi connectivity index (χ4v) is 3.92. The van der Waals surface area contributed by atoms with Gasteiger partial charge in [-0.25, -0.2) is 0 Å². The summed E-state index contributed by atoms with van der Waals surface area (Å²) in [4.78, 5) is 40.4. The van der Waals surface area contributed by atoms with Crippen molar-refractivity contribution in [1.82, 2.24) is 10.2 Å². The van der Waals surface area contributed by atoms with Gasteiger partial charge in [0.25, 0.3) is 5.91 Å². The van der Waals surface area contributed by atoms with Crippen molar-refractivity contribution in [1.29, 1.82) is 0 Å². The van der Waals surface area contributed by atoms with Crippen molar-refractivity contribution < 1.29 is 23.9 Å². The third kappa shape index (κ3) is 7.37. The zero-order valence-electron chi connectivity index (χ0n) is 19.8. The number of rotatable bonds is 12. The molecule has 9 heteroatoms. The number of hydrogen-bond donors (Lipinski definition) is 1. The molecule has 0 aliphatic heterocycles. The lowest BCUT2D eigenvalue weighted by molar-refractivity contribution is -0.146. The first kappa shape index (κ1) is 27.5. The quantitative estimate of drug-likeness (QED) is 0.338. The molecule has 0 saturated heterocycles. The molecule has 0 saturated carbocycles. The van der Waals surface area contributed by atoms with Gasteiger partial charge in [-0.15, -0.1) is 0 Å². The highest BCUT2D eigenvalue weighted by Crippen LogP contribution is 2.28. The number of nitrogens with zero attached hydrogens (tertiary/aromatic N) is 1. The second-order valence-corrected chi connectivity index (χ2v) is 8.61. The fraction of sp³-hybridized carbons (Fsp3) is 0.400. The molecule has 0 aliphatic rings. The molecule has 2 aromatic rings. The van der Waals surface area contributed by atoms with Crippen LogP contribution in [0.15, 0.2) is 36.4 Å². The molecule has 1 atom stereocenters. The predicted octanol–water partition coefficient (Wildman–Crippen LogP) is 4.46. The summed E-state index contributed by atoms with van der Waals surface area (Å²) in [6.45, 7) is 3.68. The van der Waals surface area contributed by atoms with Gasteiger partial charge in [-0.3, -0.25) is 14.4 Å². The van der Waals surface area contributed by atoms with E-state index in [0.29, 0.717) is 39.2 Å². The van der Waals surface area contributed by atoms with Gasteiger partial charge in [0.05, 0.1) is 27.2 Å². The predicted molar refractivity (Wildman–Crippen MR) is 133 cm³/mol. The van der Waals surface area contributed by atoms with Crippen LogP contribution in [0.3, 0.4) is 0 Å². The van der Waals surface area contributed by atoms with Crippen LogP contribution in [0.1, 0.15) is 37.8 Å². The molecule has 1 unspecified atom stereocenters. The summed E-state index contributed by atoms with van der Waals surface area (Å²) >= 11 is 12.2. The first-order valence-corrected chi connectivity index (χ1v) is 11.7. The second kappa shape index (κ2) is 13.2. The summed E-state index contributed by atoms with van der Waals surface area (Å²) in [5.74, 6) is -0.365. The Morgan fingerprint density at radius 1 is 1.03 bits per heavy atom. The number of nitrogens with one attached hydrogen (secondary N) is 1. The minimum atomic E-state index is -1.30. The van der Waals surface area contributed by atoms with Gasteiger partial charge in [0.1, 0.15) is 11.5 Å². The van der Waals surface area contributed by atoms with Gasteiger partial charge < -0.3 is 19.7 Å². The molecule has 7 nitrogen and oxygen atoms in total. The Morgan fingerprint density at radius 2 is 1.74 bits per heavy atom. The van der Waals surface area contributed by atoms with E-state index in [1.165, 1.54) is 26.0 Å². The third-order valence-electron chi connectivity index (χ3n) is 5.29. The molecule has 0 heterocycles. The average molecular weight is 509 g/mol. The van der Waals surface area contributed by atoms with Crippen molar-refractivity contribution in [3.8, 4) is 11.5 Å². The topological polar surface area (TPSA) is 84.9 Å². The minimum absolute atomic E-state index is 0.0251. The van der Waals surface area contributed by atoms with Gasteiger partial charge in [0, 0.05) is 28.2 Å². The van der Waals surface area contributed by atoms with Crippen LogP contribution in [-0.2, 0) is 27.3 Å². The maximum atomic E-state index is 13.5. The SMILES string of the molecule is CCCCNC(=O)C(C(C)=O)N(Cc1ccc(OC)cc1OC)C(=O)Cc1ccc(Cl)cc1Cl. The van der Waals surface area contributed by atoms with Crippen molar-refractivity contribution in [3.05, 3.63) is 57.6 Å². The fourth-order valence-electron chi connectivity index (χ4n) is 3.45. The Hall–Kier alpha value is -2.77. The number of hydrogen-bond acceptors (Lipinski definition) is 5. The molecule has 2 aromatic carbocycles. The van der Waals surface area contributed by atoms with Crippen LogP contribution < -0.4 is 14.8 Å². The van der Waals surface area contributed by atoms with E-state index < -0.39 is 23.6 Å². The summed E-state index contributed by atoms with van der Waals surface area (Å²) in [7, 11) is 3.03. The highest BCUT2D eigenvalue weighted by molar-refractivity contribution is 6.35. The van der Waals surface area contributed by atoms with Crippen LogP contribution in [0.2, 0.25) is 10.0 Å². The Labute approximate surface area is 210 Å². The molecular weight excluding hydrogens is 479 g/mol. The lowest BCUT2D eigenvalue weighted by atomic mass is 10.0. The third-order valence-corrected chi connectivity index (χ3v) is 5.87. The van der Waals surface area contributed by atoms with Crippen molar-refractivity contribution in [2.24, 2.45) is 0 Å². The molecule has 1 N–H and O–H groups in total. The molecule has 0 fully saturated rings. The van der Waals surface area contributed by atoms with Crippen molar-refractivity contribution in [2.75, 3.05) is 20.8 Å². The number of benzene rings is 2. The van der Waals surface area contributed by atoms with E-state index in [4.69, 9.17) is 32.7 Å². The number of methoxy groups -OCH3 is 2. The number of carbonyl (C=O) groups is 3. The monoisotopic (exact) mass is 508 g/mol. The molecule has 2 rings (SSSR count). The van der Waals surface area contributed by atoms with Crippen molar-refractivity contribution in [2.45, 2.75) is 45.7 Å². The Morgan fingerprint density at radius 3 is 2.32 bits per heavy atom. The van der Waals surface area contributed by atoms with Gasteiger partial charge in [-0.2, -0.15) is 0 Å². The molecule has 2 amide bonds. The summed E-state index contributed by atoms with van der Waals surface area (Å²) in [5, 5.41) is 3.54. The van der Waals surface area contributed by atoms with Crippen LogP contribution in [-0.4, -0.2) is 49.3 Å². The van der Waals surface area contributed by atoms with E-state index in [1.807, 2.05) is 6.92 Å². The van der Waals surface area contributed by atoms with E-state index in [1.54, 1.807) is 36.4 Å². The van der Waals surface area contributed by atoms with Gasteiger partial charge in [-0.05, 0) is 43.2 Å². The van der Waals surface area contributed by atoms with Gasteiger partial charge in [0.15, 0.2) is 11.8 Å². The van der Waals surface area contributed by atoms with Crippen LogP contribution in [0.5, 0.6) is 11.5 Å². The van der Waals surface area contributed by atoms with Gasteiger partial charge in [0.2, 0.25) is 5.91 Å². The van der Waals surface area contributed by atoms with Crippen LogP contribution in [0, 0.1) is 0 Å². The Balaban J connectivity index is 2.44. The smallest absolute Gasteiger partial charge is 0.250 e. The maximum absolute atomic E-state index is 13.5. The normalized spacial score (nSPS) is 11.5. The van der Waals surface area contributed by atoms with Crippen molar-refractivity contribution in [3.63, 3.8) is 0 Å². The lowest BCUT2D eigenvalue weighted by Crippen LogP contribution is -2.53. The van der Waals surface area contributed by atoms with E-state index >= 15 is 0 Å². The minimum Gasteiger partial charge on any atom is -0.497 e. The summed E-state index contributed by atoms with van der Waals surface area (Å²) in [6.07, 6.45) is 1.53. The Bertz CT molecular complexity index is 1030. The standard InChI is InChI=1S/C25H30Cl2N2O5/c1-5-6-11-28-25(32)24(16(2)30)29(15-18-8-10-20(33-3)14-22(18)34-4)23(31)12-17-7-9-19(26)13-21(17)27/h7-10,13-14,24H,5-6,11-12,15H2,1-4H3,(H,28,32). The lowest BCUT2D eigenvalue weighted by Gasteiger charge is -2.30. The van der Waals surface area contributed by atoms with E-state index in [2.05, 4.69) is 5.32 Å². The highest BCUT2D eigenvalue weighted by Gasteiger charge is 2.34. The second-order valence-electron chi connectivity index (χ2n) is 7.77. The maximum Gasteiger partial charge on any atom is 0.250 e. The van der Waals surface area contributed by atoms with Crippen LogP contribution in [0.25, 0.3) is 0 Å². The van der Waals surface area contributed by atoms with E-state index in [-0.39, 0.29) is 13.0 Å². The highest BCUT2D eigenvalue weighted by atomic mass is 35.5. The van der Waals surface area contributed by atoms with E-state index in [0.717, 1.165) is 12.8 Å². The molecule has 34 heavy (non-hydrogen) atoms. The largest absolute Gasteiger partial charge is 0.497 e. The zero-order chi connectivity index (χ0) is 25.3. The summed E-state index contributed by atoms with van der Waals surface area (Å²) in [6, 6.07) is 8.66. The molecule has 0 aromatic heterocycles. The molecule has 184 valence electrons.